The number of carbonyl (C=O) groups is 1. The number of carbonyl (C=O) groups excluding carboxylic acids is 1. The molecule has 2 fully saturated rings. The first kappa shape index (κ1) is 21.9. The SMILES string of the molecule is CC1CCN(C(=O)CN2CCS(=O)(=O)CC2)C(CN)C1.Cl.Cl. The lowest BCUT2D eigenvalue weighted by molar-refractivity contribution is -0.136. The normalized spacial score (nSPS) is 28.4. The highest BCUT2D eigenvalue weighted by atomic mass is 35.5. The first-order valence-corrected chi connectivity index (χ1v) is 9.16. The summed E-state index contributed by atoms with van der Waals surface area (Å²) in [4.78, 5) is 16.2. The van der Waals surface area contributed by atoms with Gasteiger partial charge >= 0.3 is 0 Å². The maximum atomic E-state index is 12.4. The number of halogens is 2. The minimum atomic E-state index is -2.89. The van der Waals surface area contributed by atoms with Crippen LogP contribution in [0.4, 0.5) is 0 Å². The average molecular weight is 376 g/mol. The van der Waals surface area contributed by atoms with Gasteiger partial charge in [-0.3, -0.25) is 9.69 Å². The van der Waals surface area contributed by atoms with Crippen LogP contribution in [0.25, 0.3) is 0 Å². The number of amides is 1. The molecule has 2 atom stereocenters. The zero-order valence-electron chi connectivity index (χ0n) is 12.9. The number of rotatable bonds is 3. The van der Waals surface area contributed by atoms with Gasteiger partial charge in [-0.1, -0.05) is 6.92 Å². The molecular formula is C13H27Cl2N3O3S. The van der Waals surface area contributed by atoms with Gasteiger partial charge < -0.3 is 10.6 Å². The van der Waals surface area contributed by atoms with E-state index in [0.29, 0.717) is 32.1 Å². The molecule has 0 aliphatic carbocycles. The van der Waals surface area contributed by atoms with Crippen LogP contribution in [0.3, 0.4) is 0 Å². The van der Waals surface area contributed by atoms with Gasteiger partial charge in [0.05, 0.1) is 18.1 Å². The van der Waals surface area contributed by atoms with E-state index in [-0.39, 0.29) is 48.3 Å². The lowest BCUT2D eigenvalue weighted by atomic mass is 9.92. The van der Waals surface area contributed by atoms with Crippen molar-refractivity contribution in [1.82, 2.24) is 9.80 Å². The molecular weight excluding hydrogens is 349 g/mol. The van der Waals surface area contributed by atoms with Crippen LogP contribution in [0, 0.1) is 5.92 Å². The van der Waals surface area contributed by atoms with Crippen LogP contribution in [0.15, 0.2) is 0 Å². The monoisotopic (exact) mass is 375 g/mol. The van der Waals surface area contributed by atoms with Gasteiger partial charge in [-0.2, -0.15) is 0 Å². The average Bonchev–Trinajstić information content (AvgIpc) is 2.40. The Balaban J connectivity index is 0.00000220. The van der Waals surface area contributed by atoms with Crippen molar-refractivity contribution in [3.8, 4) is 0 Å². The summed E-state index contributed by atoms with van der Waals surface area (Å²) < 4.78 is 22.8. The number of hydrogen-bond donors (Lipinski definition) is 1. The quantitative estimate of drug-likeness (QED) is 0.758. The molecule has 0 bridgehead atoms. The molecule has 9 heteroatoms. The summed E-state index contributed by atoms with van der Waals surface area (Å²) in [5.74, 6) is 1.04. The van der Waals surface area contributed by atoms with Crippen molar-refractivity contribution in [2.45, 2.75) is 25.8 Å². The molecule has 6 nitrogen and oxygen atoms in total. The molecule has 2 saturated heterocycles. The number of nitrogens with zero attached hydrogens (tertiary/aromatic N) is 2. The molecule has 2 aliphatic heterocycles. The second-order valence-electron chi connectivity index (χ2n) is 6.03. The molecule has 2 heterocycles. The summed E-state index contributed by atoms with van der Waals surface area (Å²) in [7, 11) is -2.89. The molecule has 0 aromatic carbocycles. The standard InChI is InChI=1S/C13H25N3O3S.2ClH/c1-11-2-3-16(12(8-11)9-14)13(17)10-15-4-6-20(18,19)7-5-15;;/h11-12H,2-10,14H2,1H3;2*1H. The van der Waals surface area contributed by atoms with Crippen molar-refractivity contribution >= 4 is 40.6 Å². The zero-order chi connectivity index (χ0) is 14.8. The molecule has 1 amide bonds. The summed E-state index contributed by atoms with van der Waals surface area (Å²) >= 11 is 0. The van der Waals surface area contributed by atoms with Crippen LogP contribution in [-0.2, 0) is 14.6 Å². The van der Waals surface area contributed by atoms with Crippen molar-refractivity contribution in [1.29, 1.82) is 0 Å². The van der Waals surface area contributed by atoms with E-state index in [1.807, 2.05) is 9.80 Å². The first-order valence-electron chi connectivity index (χ1n) is 7.33. The molecule has 0 aromatic heterocycles. The molecule has 0 radical (unpaired) electrons. The fourth-order valence-corrected chi connectivity index (χ4v) is 4.27. The van der Waals surface area contributed by atoms with E-state index < -0.39 is 9.84 Å². The summed E-state index contributed by atoms with van der Waals surface area (Å²) in [5, 5.41) is 0. The van der Waals surface area contributed by atoms with Crippen LogP contribution < -0.4 is 5.73 Å². The molecule has 0 spiro atoms. The molecule has 22 heavy (non-hydrogen) atoms. The fourth-order valence-electron chi connectivity index (χ4n) is 2.99. The van der Waals surface area contributed by atoms with Crippen LogP contribution >= 0.6 is 24.8 Å². The molecule has 2 N–H and O–H groups in total. The predicted octanol–water partition coefficient (Wildman–Crippen LogP) is 0.146. The molecule has 2 unspecified atom stereocenters. The van der Waals surface area contributed by atoms with Crippen LogP contribution in [-0.4, -0.2) is 74.4 Å². The van der Waals surface area contributed by atoms with Gasteiger partial charge in [0, 0.05) is 32.2 Å². The van der Waals surface area contributed by atoms with Crippen LogP contribution in [0.5, 0.6) is 0 Å². The van der Waals surface area contributed by atoms with Crippen LogP contribution in [0.1, 0.15) is 19.8 Å². The van der Waals surface area contributed by atoms with E-state index in [1.165, 1.54) is 0 Å². The fraction of sp³-hybridized carbons (Fsp3) is 0.923. The van der Waals surface area contributed by atoms with Gasteiger partial charge in [0.15, 0.2) is 9.84 Å². The molecule has 0 aromatic rings. The molecule has 0 saturated carbocycles. The number of sulfone groups is 1. The van der Waals surface area contributed by atoms with E-state index in [9.17, 15) is 13.2 Å². The minimum Gasteiger partial charge on any atom is -0.337 e. The Bertz CT molecular complexity index is 447. The third kappa shape index (κ3) is 5.85. The van der Waals surface area contributed by atoms with Crippen molar-refractivity contribution in [3.05, 3.63) is 0 Å². The van der Waals surface area contributed by atoms with Crippen LogP contribution in [0.2, 0.25) is 0 Å². The van der Waals surface area contributed by atoms with E-state index in [1.54, 1.807) is 0 Å². The Kier molecular flexibility index (Phi) is 9.24. The highest BCUT2D eigenvalue weighted by Gasteiger charge is 2.31. The largest absolute Gasteiger partial charge is 0.337 e. The van der Waals surface area contributed by atoms with E-state index in [4.69, 9.17) is 5.73 Å². The third-order valence-corrected chi connectivity index (χ3v) is 5.98. The lowest BCUT2D eigenvalue weighted by Crippen LogP contribution is -2.53. The van der Waals surface area contributed by atoms with Gasteiger partial charge in [-0.15, -0.1) is 24.8 Å². The summed E-state index contributed by atoms with van der Waals surface area (Å²) in [6, 6.07) is 0.139. The van der Waals surface area contributed by atoms with Crippen molar-refractivity contribution in [2.24, 2.45) is 11.7 Å². The predicted molar refractivity (Wildman–Crippen MR) is 92.5 cm³/mol. The smallest absolute Gasteiger partial charge is 0.237 e. The van der Waals surface area contributed by atoms with E-state index in [2.05, 4.69) is 6.92 Å². The Morgan fingerprint density at radius 3 is 2.32 bits per heavy atom. The Hall–Kier alpha value is -0.0800. The Labute approximate surface area is 145 Å². The molecule has 2 rings (SSSR count). The maximum absolute atomic E-state index is 12.4. The highest BCUT2D eigenvalue weighted by molar-refractivity contribution is 7.91. The summed E-state index contributed by atoms with van der Waals surface area (Å²) in [5.41, 5.74) is 5.78. The zero-order valence-corrected chi connectivity index (χ0v) is 15.4. The summed E-state index contributed by atoms with van der Waals surface area (Å²) in [6.07, 6.45) is 1.99. The molecule has 132 valence electrons. The van der Waals surface area contributed by atoms with E-state index >= 15 is 0 Å². The maximum Gasteiger partial charge on any atom is 0.237 e. The Morgan fingerprint density at radius 1 is 1.18 bits per heavy atom. The second kappa shape index (κ2) is 9.27. The number of hydrogen-bond acceptors (Lipinski definition) is 5. The first-order chi connectivity index (χ1) is 9.41. The number of piperidine rings is 1. The lowest BCUT2D eigenvalue weighted by Gasteiger charge is -2.39. The highest BCUT2D eigenvalue weighted by Crippen LogP contribution is 2.22. The topological polar surface area (TPSA) is 83.7 Å². The summed E-state index contributed by atoms with van der Waals surface area (Å²) in [6.45, 7) is 4.72. The van der Waals surface area contributed by atoms with Gasteiger partial charge in [0.25, 0.3) is 0 Å². The van der Waals surface area contributed by atoms with Gasteiger partial charge in [-0.25, -0.2) is 8.42 Å². The van der Waals surface area contributed by atoms with Gasteiger partial charge in [0.1, 0.15) is 0 Å². The van der Waals surface area contributed by atoms with E-state index in [0.717, 1.165) is 19.4 Å². The number of likely N-dealkylation sites (tertiary alicyclic amines) is 1. The third-order valence-electron chi connectivity index (χ3n) is 4.37. The Morgan fingerprint density at radius 2 is 1.77 bits per heavy atom. The van der Waals surface area contributed by atoms with Crippen molar-refractivity contribution in [2.75, 3.05) is 44.2 Å². The minimum absolute atomic E-state index is 0. The van der Waals surface area contributed by atoms with Gasteiger partial charge in [0.2, 0.25) is 5.91 Å². The van der Waals surface area contributed by atoms with Gasteiger partial charge in [-0.05, 0) is 18.8 Å². The van der Waals surface area contributed by atoms with Crippen molar-refractivity contribution in [3.63, 3.8) is 0 Å². The van der Waals surface area contributed by atoms with Crippen molar-refractivity contribution < 1.29 is 13.2 Å². The number of nitrogens with two attached hydrogens (primary N) is 1. The molecule has 2 aliphatic rings. The second-order valence-corrected chi connectivity index (χ2v) is 8.34.